The van der Waals surface area contributed by atoms with Gasteiger partial charge in [-0.25, -0.2) is 9.97 Å². The molecule has 2 heterocycles. The molecular formula is C21H25N5OS2. The van der Waals surface area contributed by atoms with Gasteiger partial charge in [0.15, 0.2) is 5.13 Å². The van der Waals surface area contributed by atoms with E-state index in [-0.39, 0.29) is 11.2 Å². The SMILES string of the molecule is CC(Sc1n[nH]c(CCC2CCCC2)n1)C(=O)Nc1nc(-c2ccccc2)cs1. The predicted octanol–water partition coefficient (Wildman–Crippen LogP) is 5.17. The number of aryl methyl sites for hydroxylation is 1. The molecule has 0 bridgehead atoms. The molecule has 0 spiro atoms. The highest BCUT2D eigenvalue weighted by atomic mass is 32.2. The van der Waals surface area contributed by atoms with Crippen LogP contribution in [0.4, 0.5) is 5.13 Å². The van der Waals surface area contributed by atoms with Crippen LogP contribution in [0, 0.1) is 5.92 Å². The van der Waals surface area contributed by atoms with Crippen LogP contribution in [0.25, 0.3) is 11.3 Å². The first-order valence-corrected chi connectivity index (χ1v) is 11.8. The first-order valence-electron chi connectivity index (χ1n) is 10.1. The third-order valence-corrected chi connectivity index (χ3v) is 6.95. The van der Waals surface area contributed by atoms with Gasteiger partial charge in [0.25, 0.3) is 0 Å². The molecule has 0 aliphatic heterocycles. The van der Waals surface area contributed by atoms with Gasteiger partial charge >= 0.3 is 0 Å². The standard InChI is InChI=1S/C21H25N5OS2/c1-14(29-21-23-18(25-26-21)12-11-15-7-5-6-8-15)19(27)24-20-22-17(13-28-20)16-9-3-2-4-10-16/h2-4,9-10,13-15H,5-8,11-12H2,1H3,(H,22,24,27)(H,23,25,26). The molecule has 152 valence electrons. The fourth-order valence-corrected chi connectivity index (χ4v) is 5.04. The highest BCUT2D eigenvalue weighted by Crippen LogP contribution is 2.29. The van der Waals surface area contributed by atoms with Crippen LogP contribution in [-0.4, -0.2) is 31.3 Å². The Labute approximate surface area is 179 Å². The second-order valence-corrected chi connectivity index (χ2v) is 9.57. The number of nitrogens with zero attached hydrogens (tertiary/aromatic N) is 3. The molecule has 1 aromatic carbocycles. The molecule has 2 aromatic heterocycles. The molecule has 4 rings (SSSR count). The van der Waals surface area contributed by atoms with Crippen LogP contribution in [0.1, 0.15) is 44.9 Å². The number of carbonyl (C=O) groups excluding carboxylic acids is 1. The van der Waals surface area contributed by atoms with Gasteiger partial charge in [0.05, 0.1) is 10.9 Å². The monoisotopic (exact) mass is 427 g/mol. The maximum absolute atomic E-state index is 12.5. The topological polar surface area (TPSA) is 83.6 Å². The summed E-state index contributed by atoms with van der Waals surface area (Å²) in [6.07, 6.45) is 7.51. The van der Waals surface area contributed by atoms with Crippen LogP contribution >= 0.6 is 23.1 Å². The van der Waals surface area contributed by atoms with Crippen molar-refractivity contribution in [1.82, 2.24) is 20.2 Å². The van der Waals surface area contributed by atoms with E-state index in [4.69, 9.17) is 0 Å². The summed E-state index contributed by atoms with van der Waals surface area (Å²) in [4.78, 5) is 21.6. The summed E-state index contributed by atoms with van der Waals surface area (Å²) in [7, 11) is 0. The number of aromatic nitrogens is 4. The Bertz CT molecular complexity index is 933. The number of thioether (sulfide) groups is 1. The molecule has 1 aliphatic rings. The maximum Gasteiger partial charge on any atom is 0.239 e. The lowest BCUT2D eigenvalue weighted by Crippen LogP contribution is -2.22. The van der Waals surface area contributed by atoms with E-state index < -0.39 is 0 Å². The molecule has 3 aromatic rings. The Kier molecular flexibility index (Phi) is 6.61. The lowest BCUT2D eigenvalue weighted by molar-refractivity contribution is -0.115. The Balaban J connectivity index is 1.28. The van der Waals surface area contributed by atoms with E-state index >= 15 is 0 Å². The van der Waals surface area contributed by atoms with Crippen LogP contribution < -0.4 is 5.32 Å². The van der Waals surface area contributed by atoms with Crippen molar-refractivity contribution in [2.75, 3.05) is 5.32 Å². The zero-order valence-electron chi connectivity index (χ0n) is 16.4. The van der Waals surface area contributed by atoms with Crippen LogP contribution in [0.2, 0.25) is 0 Å². The number of H-pyrrole nitrogens is 1. The van der Waals surface area contributed by atoms with Gasteiger partial charge in [-0.3, -0.25) is 9.89 Å². The molecule has 6 nitrogen and oxygen atoms in total. The summed E-state index contributed by atoms with van der Waals surface area (Å²) < 4.78 is 0. The van der Waals surface area contributed by atoms with E-state index in [0.717, 1.165) is 29.4 Å². The summed E-state index contributed by atoms with van der Waals surface area (Å²) >= 11 is 2.79. The number of amides is 1. The number of rotatable bonds is 8. The second kappa shape index (κ2) is 9.54. The number of benzene rings is 1. The van der Waals surface area contributed by atoms with Gasteiger partial charge < -0.3 is 5.32 Å². The van der Waals surface area contributed by atoms with Gasteiger partial charge in [-0.1, -0.05) is 67.8 Å². The molecule has 1 unspecified atom stereocenters. The van der Waals surface area contributed by atoms with Crippen LogP contribution in [0.3, 0.4) is 0 Å². The fourth-order valence-electron chi connectivity index (χ4n) is 3.57. The molecule has 1 atom stereocenters. The van der Waals surface area contributed by atoms with E-state index in [0.29, 0.717) is 10.3 Å². The molecular weight excluding hydrogens is 402 g/mol. The Morgan fingerprint density at radius 1 is 1.28 bits per heavy atom. The first kappa shape index (κ1) is 20.1. The van der Waals surface area contributed by atoms with E-state index in [2.05, 4.69) is 25.5 Å². The molecule has 1 fully saturated rings. The zero-order chi connectivity index (χ0) is 20.1. The fraction of sp³-hybridized carbons (Fsp3) is 0.429. The summed E-state index contributed by atoms with van der Waals surface area (Å²) in [5.74, 6) is 1.65. The van der Waals surface area contributed by atoms with Crippen molar-refractivity contribution in [3.8, 4) is 11.3 Å². The molecule has 29 heavy (non-hydrogen) atoms. The highest BCUT2D eigenvalue weighted by Gasteiger charge is 2.20. The normalized spacial score (nSPS) is 15.5. The van der Waals surface area contributed by atoms with Gasteiger partial charge in [0.1, 0.15) is 5.82 Å². The minimum absolute atomic E-state index is 0.0960. The number of carbonyl (C=O) groups is 1. The lowest BCUT2D eigenvalue weighted by atomic mass is 10.0. The highest BCUT2D eigenvalue weighted by molar-refractivity contribution is 8.00. The Hall–Kier alpha value is -2.19. The van der Waals surface area contributed by atoms with Gasteiger partial charge in [-0.2, -0.15) is 0 Å². The lowest BCUT2D eigenvalue weighted by Gasteiger charge is -2.07. The van der Waals surface area contributed by atoms with Crippen LogP contribution in [-0.2, 0) is 11.2 Å². The van der Waals surface area contributed by atoms with E-state index in [1.165, 1.54) is 55.2 Å². The number of aromatic amines is 1. The van der Waals surface area contributed by atoms with Crippen molar-refractivity contribution in [2.45, 2.75) is 55.9 Å². The molecule has 1 amide bonds. The largest absolute Gasteiger partial charge is 0.301 e. The van der Waals surface area contributed by atoms with Crippen LogP contribution in [0.15, 0.2) is 40.9 Å². The molecule has 1 aliphatic carbocycles. The molecule has 2 N–H and O–H groups in total. The molecule has 0 saturated heterocycles. The summed E-state index contributed by atoms with van der Waals surface area (Å²) in [5.41, 5.74) is 1.91. The Morgan fingerprint density at radius 3 is 2.86 bits per heavy atom. The minimum Gasteiger partial charge on any atom is -0.301 e. The third kappa shape index (κ3) is 5.45. The van der Waals surface area contributed by atoms with Crippen molar-refractivity contribution < 1.29 is 4.79 Å². The van der Waals surface area contributed by atoms with Crippen LogP contribution in [0.5, 0.6) is 0 Å². The number of anilines is 1. The third-order valence-electron chi connectivity index (χ3n) is 5.23. The number of nitrogens with one attached hydrogen (secondary N) is 2. The van der Waals surface area contributed by atoms with E-state index in [9.17, 15) is 4.79 Å². The van der Waals surface area contributed by atoms with Crippen molar-refractivity contribution in [2.24, 2.45) is 5.92 Å². The van der Waals surface area contributed by atoms with Gasteiger partial charge in [-0.15, -0.1) is 16.4 Å². The summed E-state index contributed by atoms with van der Waals surface area (Å²) in [6, 6.07) is 9.94. The van der Waals surface area contributed by atoms with E-state index in [1.54, 1.807) is 0 Å². The van der Waals surface area contributed by atoms with E-state index in [1.807, 2.05) is 42.6 Å². The smallest absolute Gasteiger partial charge is 0.239 e. The average molecular weight is 428 g/mol. The predicted molar refractivity (Wildman–Crippen MR) is 118 cm³/mol. The molecule has 0 radical (unpaired) electrons. The van der Waals surface area contributed by atoms with Crippen molar-refractivity contribution >= 4 is 34.1 Å². The van der Waals surface area contributed by atoms with Gasteiger partial charge in [0, 0.05) is 17.4 Å². The number of hydrogen-bond donors (Lipinski definition) is 2. The maximum atomic E-state index is 12.5. The van der Waals surface area contributed by atoms with Gasteiger partial charge in [0.2, 0.25) is 11.1 Å². The minimum atomic E-state index is -0.308. The first-order chi connectivity index (χ1) is 14.2. The second-order valence-electron chi connectivity index (χ2n) is 7.41. The summed E-state index contributed by atoms with van der Waals surface area (Å²) in [6.45, 7) is 1.86. The Morgan fingerprint density at radius 2 is 2.07 bits per heavy atom. The zero-order valence-corrected chi connectivity index (χ0v) is 18.1. The quantitative estimate of drug-likeness (QED) is 0.485. The average Bonchev–Trinajstić information content (AvgIpc) is 3.49. The van der Waals surface area contributed by atoms with Crippen molar-refractivity contribution in [3.63, 3.8) is 0 Å². The van der Waals surface area contributed by atoms with Gasteiger partial charge in [-0.05, 0) is 19.3 Å². The number of hydrogen-bond acceptors (Lipinski definition) is 6. The number of thiazole rings is 1. The van der Waals surface area contributed by atoms with Crippen molar-refractivity contribution in [1.29, 1.82) is 0 Å². The summed E-state index contributed by atoms with van der Waals surface area (Å²) in [5, 5.41) is 13.1. The molecule has 1 saturated carbocycles. The molecule has 8 heteroatoms. The van der Waals surface area contributed by atoms with Crippen molar-refractivity contribution in [3.05, 3.63) is 41.5 Å².